The molecule has 2 heterocycles. The van der Waals surface area contributed by atoms with E-state index >= 15 is 0 Å². The van der Waals surface area contributed by atoms with Gasteiger partial charge in [0.1, 0.15) is 5.75 Å². The van der Waals surface area contributed by atoms with Gasteiger partial charge in [0.15, 0.2) is 0 Å². The minimum Gasteiger partial charge on any atom is -0.495 e. The number of benzene rings is 2. The molecule has 0 atom stereocenters. The van der Waals surface area contributed by atoms with Gasteiger partial charge in [-0.1, -0.05) is 29.8 Å². The van der Waals surface area contributed by atoms with Crippen LogP contribution in [0.5, 0.6) is 5.75 Å². The van der Waals surface area contributed by atoms with Gasteiger partial charge in [0.2, 0.25) is 0 Å². The van der Waals surface area contributed by atoms with Crippen LogP contribution in [0.1, 0.15) is 0 Å². The van der Waals surface area contributed by atoms with Crippen LogP contribution in [0.3, 0.4) is 0 Å². The summed E-state index contributed by atoms with van der Waals surface area (Å²) in [5.74, 6) is 0.581. The molecule has 1 fully saturated rings. The van der Waals surface area contributed by atoms with Crippen LogP contribution < -0.4 is 15.0 Å². The number of nitrogens with one attached hydrogen (secondary N) is 1. The highest BCUT2D eigenvalue weighted by Gasteiger charge is 2.22. The minimum atomic E-state index is -0.128. The van der Waals surface area contributed by atoms with Crippen LogP contribution in [0.15, 0.2) is 54.7 Å². The average molecular weight is 397 g/mol. The highest BCUT2D eigenvalue weighted by molar-refractivity contribution is 6.32. The Balaban J connectivity index is 1.41. The van der Waals surface area contributed by atoms with E-state index in [1.54, 1.807) is 25.3 Å². The molecule has 2 aromatic carbocycles. The number of amides is 2. The van der Waals surface area contributed by atoms with Crippen LogP contribution >= 0.6 is 11.6 Å². The highest BCUT2D eigenvalue weighted by Crippen LogP contribution is 2.28. The van der Waals surface area contributed by atoms with Crippen molar-refractivity contribution in [1.29, 1.82) is 0 Å². The summed E-state index contributed by atoms with van der Waals surface area (Å²) in [6.07, 6.45) is 1.81. The van der Waals surface area contributed by atoms with E-state index in [1.807, 2.05) is 23.2 Å². The Hall–Kier alpha value is -2.99. The summed E-state index contributed by atoms with van der Waals surface area (Å²) < 4.78 is 5.14. The number of piperazine rings is 1. The Kier molecular flexibility index (Phi) is 5.21. The molecular formula is C21H21ClN4O2. The molecule has 1 aliphatic rings. The number of hydrogen-bond acceptors (Lipinski definition) is 4. The fraction of sp³-hybridized carbons (Fsp3) is 0.238. The molecule has 0 spiro atoms. The van der Waals surface area contributed by atoms with Gasteiger partial charge in [-0.05, 0) is 30.3 Å². The number of methoxy groups -OCH3 is 1. The number of para-hydroxylation sites is 1. The molecule has 0 aliphatic carbocycles. The van der Waals surface area contributed by atoms with Crippen LogP contribution in [0, 0.1) is 0 Å². The number of anilines is 2. The molecule has 0 saturated carbocycles. The summed E-state index contributed by atoms with van der Waals surface area (Å²) in [5, 5.41) is 4.49. The smallest absolute Gasteiger partial charge is 0.321 e. The molecule has 6 nitrogen and oxygen atoms in total. The molecule has 1 aromatic heterocycles. The lowest BCUT2D eigenvalue weighted by Crippen LogP contribution is -2.50. The molecule has 28 heavy (non-hydrogen) atoms. The third kappa shape index (κ3) is 3.68. The second-order valence-electron chi connectivity index (χ2n) is 6.61. The molecule has 7 heteroatoms. The third-order valence-electron chi connectivity index (χ3n) is 4.92. The predicted molar refractivity (Wildman–Crippen MR) is 113 cm³/mol. The fourth-order valence-electron chi connectivity index (χ4n) is 3.44. The van der Waals surface area contributed by atoms with E-state index in [2.05, 4.69) is 33.4 Å². The van der Waals surface area contributed by atoms with Gasteiger partial charge >= 0.3 is 6.03 Å². The molecule has 1 saturated heterocycles. The van der Waals surface area contributed by atoms with Gasteiger partial charge in [-0.15, -0.1) is 0 Å². The van der Waals surface area contributed by atoms with Crippen molar-refractivity contribution in [2.24, 2.45) is 0 Å². The second-order valence-corrected chi connectivity index (χ2v) is 7.01. The maximum absolute atomic E-state index is 12.6. The lowest BCUT2D eigenvalue weighted by molar-refractivity contribution is 0.208. The summed E-state index contributed by atoms with van der Waals surface area (Å²) >= 11 is 6.13. The van der Waals surface area contributed by atoms with Gasteiger partial charge in [-0.2, -0.15) is 0 Å². The molecule has 2 amide bonds. The van der Waals surface area contributed by atoms with E-state index in [9.17, 15) is 4.79 Å². The molecule has 3 aromatic rings. The number of carbonyl (C=O) groups excluding carboxylic acids is 1. The Morgan fingerprint density at radius 2 is 1.89 bits per heavy atom. The van der Waals surface area contributed by atoms with Crippen LogP contribution in [0.25, 0.3) is 10.9 Å². The number of nitrogens with zero attached hydrogens (tertiary/aromatic N) is 3. The minimum absolute atomic E-state index is 0.128. The fourth-order valence-corrected chi connectivity index (χ4v) is 3.70. The van der Waals surface area contributed by atoms with Crippen LogP contribution in [-0.4, -0.2) is 49.2 Å². The van der Waals surface area contributed by atoms with E-state index in [4.69, 9.17) is 16.3 Å². The number of ether oxygens (including phenoxy) is 1. The summed E-state index contributed by atoms with van der Waals surface area (Å²) in [6.45, 7) is 2.79. The van der Waals surface area contributed by atoms with E-state index in [-0.39, 0.29) is 6.03 Å². The van der Waals surface area contributed by atoms with Crippen molar-refractivity contribution in [2.75, 3.05) is 43.5 Å². The first-order valence-electron chi connectivity index (χ1n) is 9.14. The Labute approximate surface area is 168 Å². The second kappa shape index (κ2) is 7.94. The number of halogens is 1. The van der Waals surface area contributed by atoms with Gasteiger partial charge in [0.05, 0.1) is 23.3 Å². The Bertz CT molecular complexity index is 997. The zero-order valence-corrected chi connectivity index (χ0v) is 16.3. The van der Waals surface area contributed by atoms with Crippen molar-refractivity contribution < 1.29 is 9.53 Å². The number of aromatic nitrogens is 1. The normalized spacial score (nSPS) is 14.2. The summed E-state index contributed by atoms with van der Waals surface area (Å²) in [6, 6.07) is 15.3. The van der Waals surface area contributed by atoms with Crippen LogP contribution in [0.4, 0.5) is 16.2 Å². The first-order valence-corrected chi connectivity index (χ1v) is 9.51. The SMILES string of the molecule is COc1ccc(NC(=O)N2CCN(c3cccc4cccnc34)CC2)cc1Cl. The molecular weight excluding hydrogens is 376 g/mol. The van der Waals surface area contributed by atoms with E-state index in [0.717, 1.165) is 29.7 Å². The highest BCUT2D eigenvalue weighted by atomic mass is 35.5. The van der Waals surface area contributed by atoms with Gasteiger partial charge in [-0.25, -0.2) is 4.79 Å². The van der Waals surface area contributed by atoms with E-state index in [1.165, 1.54) is 0 Å². The number of fused-ring (bicyclic) bond motifs is 1. The van der Waals surface area contributed by atoms with Gasteiger partial charge in [0.25, 0.3) is 0 Å². The molecule has 0 unspecified atom stereocenters. The maximum Gasteiger partial charge on any atom is 0.321 e. The molecule has 0 radical (unpaired) electrons. The summed E-state index contributed by atoms with van der Waals surface area (Å²) in [7, 11) is 1.56. The van der Waals surface area contributed by atoms with Crippen LogP contribution in [-0.2, 0) is 0 Å². The predicted octanol–water partition coefficient (Wildman–Crippen LogP) is 4.25. The number of carbonyl (C=O) groups is 1. The van der Waals surface area contributed by atoms with E-state index < -0.39 is 0 Å². The average Bonchev–Trinajstić information content (AvgIpc) is 2.73. The summed E-state index contributed by atoms with van der Waals surface area (Å²) in [4.78, 5) is 21.2. The molecule has 1 N–H and O–H groups in total. The van der Waals surface area contributed by atoms with Crippen molar-refractivity contribution in [2.45, 2.75) is 0 Å². The lowest BCUT2D eigenvalue weighted by atomic mass is 10.1. The standard InChI is InChI=1S/C21H21ClN4O2/c1-28-19-8-7-16(14-17(19)22)24-21(27)26-12-10-25(11-13-26)18-6-2-4-15-5-3-9-23-20(15)18/h2-9,14H,10-13H2,1H3,(H,24,27). The Morgan fingerprint density at radius 1 is 1.11 bits per heavy atom. The summed E-state index contributed by atoms with van der Waals surface area (Å²) in [5.41, 5.74) is 2.76. The van der Waals surface area contributed by atoms with Crippen molar-refractivity contribution in [3.05, 3.63) is 59.8 Å². The lowest BCUT2D eigenvalue weighted by Gasteiger charge is -2.36. The zero-order chi connectivity index (χ0) is 19.5. The van der Waals surface area contributed by atoms with Gasteiger partial charge in [0, 0.05) is 43.4 Å². The zero-order valence-electron chi connectivity index (χ0n) is 15.6. The number of urea groups is 1. The molecule has 144 valence electrons. The molecule has 4 rings (SSSR count). The Morgan fingerprint density at radius 3 is 2.64 bits per heavy atom. The van der Waals surface area contributed by atoms with E-state index in [0.29, 0.717) is 29.5 Å². The van der Waals surface area contributed by atoms with Gasteiger partial charge < -0.3 is 19.9 Å². The maximum atomic E-state index is 12.6. The first-order chi connectivity index (χ1) is 13.7. The number of hydrogen-bond donors (Lipinski definition) is 1. The number of pyridine rings is 1. The topological polar surface area (TPSA) is 57.7 Å². The third-order valence-corrected chi connectivity index (χ3v) is 5.22. The van der Waals surface area contributed by atoms with Crippen molar-refractivity contribution in [1.82, 2.24) is 9.88 Å². The molecule has 1 aliphatic heterocycles. The quantitative estimate of drug-likeness (QED) is 0.719. The van der Waals surface area contributed by atoms with Crippen molar-refractivity contribution in [3.63, 3.8) is 0 Å². The van der Waals surface area contributed by atoms with Gasteiger partial charge in [-0.3, -0.25) is 4.98 Å². The first kappa shape index (κ1) is 18.4. The largest absolute Gasteiger partial charge is 0.495 e. The van der Waals surface area contributed by atoms with Crippen LogP contribution in [0.2, 0.25) is 5.02 Å². The van der Waals surface area contributed by atoms with Crippen molar-refractivity contribution in [3.8, 4) is 5.75 Å². The van der Waals surface area contributed by atoms with Crippen molar-refractivity contribution >= 4 is 39.9 Å². The monoisotopic (exact) mass is 396 g/mol. The number of rotatable bonds is 3. The molecule has 0 bridgehead atoms.